The third kappa shape index (κ3) is 0.809. The van der Waals surface area contributed by atoms with Gasteiger partial charge in [0.2, 0.25) is 5.39 Å². The maximum atomic E-state index is 8.40. The molecule has 0 radical (unpaired) electrons. The van der Waals surface area contributed by atoms with Crippen LogP contribution >= 0.6 is 0 Å². The van der Waals surface area contributed by atoms with E-state index in [-0.39, 0.29) is 0 Å². The minimum atomic E-state index is 0.478. The van der Waals surface area contributed by atoms with E-state index in [4.69, 9.17) is 5.39 Å². The second-order valence-corrected chi connectivity index (χ2v) is 2.10. The number of aromatic nitrogens is 3. The van der Waals surface area contributed by atoms with E-state index < -0.39 is 0 Å². The van der Waals surface area contributed by atoms with Gasteiger partial charge in [-0.2, -0.15) is 15.4 Å². The number of H-pyrrole nitrogens is 1. The first-order valence-corrected chi connectivity index (χ1v) is 3.06. The number of diazo groups is 1. The molecule has 0 fully saturated rings. The molecule has 0 saturated heterocycles. The first-order valence-electron chi connectivity index (χ1n) is 3.06. The SMILES string of the molecule is N#[N+]c1ccc2n[nH]nc2c1. The van der Waals surface area contributed by atoms with Crippen LogP contribution in [0, 0.1) is 5.39 Å². The van der Waals surface area contributed by atoms with Gasteiger partial charge in [-0.25, -0.2) is 0 Å². The van der Waals surface area contributed by atoms with E-state index in [1.54, 1.807) is 18.2 Å². The number of aromatic amines is 1. The summed E-state index contributed by atoms with van der Waals surface area (Å²) >= 11 is 0. The van der Waals surface area contributed by atoms with Gasteiger partial charge in [0, 0.05) is 6.07 Å². The second-order valence-electron chi connectivity index (χ2n) is 2.10. The Kier molecular flexibility index (Phi) is 1.07. The molecule has 2 aromatic rings. The number of nitrogens with one attached hydrogen (secondary N) is 1. The summed E-state index contributed by atoms with van der Waals surface area (Å²) in [5.41, 5.74) is 1.93. The number of nitrogens with zero attached hydrogens (tertiary/aromatic N) is 4. The van der Waals surface area contributed by atoms with Gasteiger partial charge in [-0.15, -0.1) is 0 Å². The Morgan fingerprint density at radius 1 is 1.27 bits per heavy atom. The first-order chi connectivity index (χ1) is 5.40. The molecule has 2 rings (SSSR count). The van der Waals surface area contributed by atoms with Crippen molar-refractivity contribution in [3.63, 3.8) is 0 Å². The lowest BCUT2D eigenvalue weighted by molar-refractivity contribution is 0.959. The molecule has 52 valence electrons. The molecule has 0 amide bonds. The third-order valence-corrected chi connectivity index (χ3v) is 1.42. The Morgan fingerprint density at radius 3 is 2.91 bits per heavy atom. The van der Waals surface area contributed by atoms with E-state index in [0.29, 0.717) is 11.2 Å². The first kappa shape index (κ1) is 5.80. The molecule has 0 bridgehead atoms. The highest BCUT2D eigenvalue weighted by Gasteiger charge is 2.06. The number of benzene rings is 1. The summed E-state index contributed by atoms with van der Waals surface area (Å²) in [6.07, 6.45) is 0. The van der Waals surface area contributed by atoms with Crippen molar-refractivity contribution in [2.75, 3.05) is 0 Å². The zero-order valence-corrected chi connectivity index (χ0v) is 5.52. The van der Waals surface area contributed by atoms with Crippen LogP contribution in [0.5, 0.6) is 0 Å². The molecule has 0 atom stereocenters. The molecule has 5 heteroatoms. The molecule has 0 saturated carbocycles. The van der Waals surface area contributed by atoms with Gasteiger partial charge in [0.15, 0.2) is 4.98 Å². The number of rotatable bonds is 0. The Bertz CT molecular complexity index is 424. The van der Waals surface area contributed by atoms with Crippen LogP contribution in [0.3, 0.4) is 0 Å². The number of fused-ring (bicyclic) bond motifs is 1. The highest BCUT2D eigenvalue weighted by molar-refractivity contribution is 5.77. The average Bonchev–Trinajstić information content (AvgIpc) is 2.50. The molecule has 11 heavy (non-hydrogen) atoms. The molecule has 5 nitrogen and oxygen atoms in total. The average molecular weight is 146 g/mol. The fourth-order valence-corrected chi connectivity index (χ4v) is 0.891. The van der Waals surface area contributed by atoms with E-state index in [0.717, 1.165) is 5.52 Å². The predicted octanol–water partition coefficient (Wildman–Crippen LogP) is 1.44. The van der Waals surface area contributed by atoms with Crippen LogP contribution in [-0.4, -0.2) is 15.4 Å². The molecule has 1 aromatic heterocycles. The minimum absolute atomic E-state index is 0.478. The van der Waals surface area contributed by atoms with Gasteiger partial charge >= 0.3 is 5.69 Å². The van der Waals surface area contributed by atoms with E-state index in [1.807, 2.05) is 0 Å². The van der Waals surface area contributed by atoms with Crippen molar-refractivity contribution in [3.8, 4) is 0 Å². The van der Waals surface area contributed by atoms with Crippen LogP contribution in [-0.2, 0) is 0 Å². The van der Waals surface area contributed by atoms with Gasteiger partial charge in [-0.3, -0.25) is 0 Å². The summed E-state index contributed by atoms with van der Waals surface area (Å²) in [6.45, 7) is 0. The Balaban J connectivity index is 2.79. The standard InChI is InChI=1S/C6H4N5/c7-8-4-1-2-5-6(3-4)10-11-9-5/h1-3H,(H,9,10,11)/q+1. The summed E-state index contributed by atoms with van der Waals surface area (Å²) in [7, 11) is 0. The molecule has 0 spiro atoms. The molecular formula is C6H4N5+. The van der Waals surface area contributed by atoms with Gasteiger partial charge in [-0.1, -0.05) is 0 Å². The summed E-state index contributed by atoms with van der Waals surface area (Å²) in [6, 6.07) is 5.03. The third-order valence-electron chi connectivity index (χ3n) is 1.42. The number of hydrogen-bond acceptors (Lipinski definition) is 3. The van der Waals surface area contributed by atoms with Crippen LogP contribution in [0.1, 0.15) is 0 Å². The lowest BCUT2D eigenvalue weighted by Gasteiger charge is -1.76. The van der Waals surface area contributed by atoms with Crippen molar-refractivity contribution in [3.05, 3.63) is 23.2 Å². The van der Waals surface area contributed by atoms with Gasteiger partial charge in [0.1, 0.15) is 11.0 Å². The zero-order valence-electron chi connectivity index (χ0n) is 5.52. The largest absolute Gasteiger partial charge is 0.387 e. The van der Waals surface area contributed by atoms with E-state index in [2.05, 4.69) is 20.4 Å². The highest BCUT2D eigenvalue weighted by Crippen LogP contribution is 2.16. The normalized spacial score (nSPS) is 9.73. The molecule has 0 unspecified atom stereocenters. The van der Waals surface area contributed by atoms with Crippen LogP contribution in [0.4, 0.5) is 5.69 Å². The summed E-state index contributed by atoms with van der Waals surface area (Å²) < 4.78 is 0. The number of hydrogen-bond donors (Lipinski definition) is 1. The van der Waals surface area contributed by atoms with Crippen molar-refractivity contribution in [2.45, 2.75) is 0 Å². The molecule has 0 aliphatic carbocycles. The van der Waals surface area contributed by atoms with Gasteiger partial charge < -0.3 is 0 Å². The monoisotopic (exact) mass is 146 g/mol. The van der Waals surface area contributed by atoms with E-state index in [9.17, 15) is 0 Å². The van der Waals surface area contributed by atoms with Crippen molar-refractivity contribution in [1.82, 2.24) is 15.4 Å². The second kappa shape index (κ2) is 2.02. The Morgan fingerprint density at radius 2 is 2.09 bits per heavy atom. The molecule has 0 aliphatic heterocycles. The molecular weight excluding hydrogens is 142 g/mol. The van der Waals surface area contributed by atoms with E-state index in [1.165, 1.54) is 0 Å². The summed E-state index contributed by atoms with van der Waals surface area (Å²) in [4.78, 5) is 3.02. The molecule has 0 aliphatic rings. The lowest BCUT2D eigenvalue weighted by atomic mass is 10.3. The van der Waals surface area contributed by atoms with Crippen molar-refractivity contribution < 1.29 is 0 Å². The topological polar surface area (TPSA) is 69.7 Å². The van der Waals surface area contributed by atoms with Crippen LogP contribution in [0.25, 0.3) is 16.0 Å². The maximum absolute atomic E-state index is 8.40. The van der Waals surface area contributed by atoms with Gasteiger partial charge in [-0.05, 0) is 6.07 Å². The smallest absolute Gasteiger partial charge is 0.197 e. The molecule has 1 aromatic carbocycles. The fraction of sp³-hybridized carbons (Fsp3) is 0. The summed E-state index contributed by atoms with van der Waals surface area (Å²) in [5, 5.41) is 18.5. The molecule has 1 N–H and O–H groups in total. The minimum Gasteiger partial charge on any atom is -0.197 e. The van der Waals surface area contributed by atoms with Crippen LogP contribution in [0.15, 0.2) is 18.2 Å². The fourth-order valence-electron chi connectivity index (χ4n) is 0.891. The van der Waals surface area contributed by atoms with Crippen molar-refractivity contribution in [1.29, 1.82) is 5.39 Å². The van der Waals surface area contributed by atoms with Crippen molar-refractivity contribution >= 4 is 16.7 Å². The zero-order chi connectivity index (χ0) is 7.68. The lowest BCUT2D eigenvalue weighted by Crippen LogP contribution is -1.66. The quantitative estimate of drug-likeness (QED) is 0.571. The van der Waals surface area contributed by atoms with Gasteiger partial charge in [0.05, 0.1) is 6.07 Å². The maximum Gasteiger partial charge on any atom is 0.387 e. The molecule has 1 heterocycles. The predicted molar refractivity (Wildman–Crippen MR) is 38.6 cm³/mol. The Labute approximate surface area is 61.7 Å². The van der Waals surface area contributed by atoms with Crippen molar-refractivity contribution in [2.24, 2.45) is 0 Å². The van der Waals surface area contributed by atoms with Crippen LogP contribution in [0.2, 0.25) is 0 Å². The Hall–Kier alpha value is -1.96. The van der Waals surface area contributed by atoms with Gasteiger partial charge in [0.25, 0.3) is 0 Å². The summed E-state index contributed by atoms with van der Waals surface area (Å²) in [5.74, 6) is 0. The van der Waals surface area contributed by atoms with Crippen LogP contribution < -0.4 is 0 Å². The highest BCUT2D eigenvalue weighted by atomic mass is 15.3. The van der Waals surface area contributed by atoms with E-state index >= 15 is 0 Å².